The predicted molar refractivity (Wildman–Crippen MR) is 123 cm³/mol. The molecule has 7 N–H and O–H groups in total. The van der Waals surface area contributed by atoms with Crippen LogP contribution in [0.15, 0.2) is 0 Å². The van der Waals surface area contributed by atoms with Crippen LogP contribution in [0.4, 0.5) is 0 Å². The van der Waals surface area contributed by atoms with Gasteiger partial charge in [0, 0.05) is 13.0 Å². The van der Waals surface area contributed by atoms with Crippen LogP contribution in [-0.4, -0.2) is 58.7 Å². The second-order valence-electron chi connectivity index (χ2n) is 8.04. The van der Waals surface area contributed by atoms with Crippen molar-refractivity contribution in [1.82, 2.24) is 10.6 Å². The molecule has 33 heavy (non-hydrogen) atoms. The van der Waals surface area contributed by atoms with E-state index in [0.29, 0.717) is 12.8 Å². The zero-order valence-corrected chi connectivity index (χ0v) is 19.6. The fourth-order valence-corrected chi connectivity index (χ4v) is 3.20. The van der Waals surface area contributed by atoms with Crippen molar-refractivity contribution >= 4 is 29.8 Å². The van der Waals surface area contributed by atoms with E-state index in [1.807, 2.05) is 0 Å². The van der Waals surface area contributed by atoms with E-state index in [1.165, 1.54) is 32.1 Å². The van der Waals surface area contributed by atoms with Gasteiger partial charge in [0.15, 0.2) is 12.1 Å². The van der Waals surface area contributed by atoms with Crippen molar-refractivity contribution in [2.45, 2.75) is 103 Å². The predicted octanol–water partition coefficient (Wildman–Crippen LogP) is 2.13. The van der Waals surface area contributed by atoms with E-state index in [2.05, 4.69) is 17.6 Å². The summed E-state index contributed by atoms with van der Waals surface area (Å²) in [6.07, 6.45) is 7.62. The number of carboxylic acids is 2. The van der Waals surface area contributed by atoms with E-state index in [-0.39, 0.29) is 25.3 Å². The van der Waals surface area contributed by atoms with E-state index >= 15 is 0 Å². The lowest BCUT2D eigenvalue weighted by atomic mass is 10.1. The van der Waals surface area contributed by atoms with Crippen molar-refractivity contribution in [2.75, 3.05) is 6.54 Å². The third kappa shape index (κ3) is 17.4. The summed E-state index contributed by atoms with van der Waals surface area (Å²) >= 11 is 0. The van der Waals surface area contributed by atoms with Crippen molar-refractivity contribution in [1.29, 1.82) is 5.41 Å². The van der Waals surface area contributed by atoms with Gasteiger partial charge in [0.05, 0.1) is 6.42 Å². The number of guanidine groups is 1. The lowest BCUT2D eigenvalue weighted by Crippen LogP contribution is -2.47. The third-order valence-electron chi connectivity index (χ3n) is 5.01. The Morgan fingerprint density at radius 1 is 0.939 bits per heavy atom. The highest BCUT2D eigenvalue weighted by molar-refractivity contribution is 5.90. The molecule has 0 saturated carbocycles. The fourth-order valence-electron chi connectivity index (χ4n) is 3.20. The summed E-state index contributed by atoms with van der Waals surface area (Å²) in [4.78, 5) is 47.0. The SMILES string of the molecule is CCCCCCCCCCCC(=O)O[C@@H](CC(=O)O)C(=O)N[C@@H](CCCNC(=N)N)C(=O)O. The average Bonchev–Trinajstić information content (AvgIpc) is 2.73. The fraction of sp³-hybridized carbons (Fsp3) is 0.773. The molecule has 0 radical (unpaired) electrons. The largest absolute Gasteiger partial charge is 0.481 e. The van der Waals surface area contributed by atoms with Gasteiger partial charge in [-0.05, 0) is 19.3 Å². The molecule has 0 bridgehead atoms. The van der Waals surface area contributed by atoms with Crippen LogP contribution >= 0.6 is 0 Å². The number of esters is 1. The maximum absolute atomic E-state index is 12.4. The Kier molecular flexibility index (Phi) is 17.1. The zero-order chi connectivity index (χ0) is 25.1. The molecule has 0 heterocycles. The van der Waals surface area contributed by atoms with Gasteiger partial charge in [0.1, 0.15) is 6.04 Å². The summed E-state index contributed by atoms with van der Waals surface area (Å²) in [7, 11) is 0. The molecule has 0 spiro atoms. The maximum Gasteiger partial charge on any atom is 0.326 e. The number of nitrogens with two attached hydrogens (primary N) is 1. The first-order chi connectivity index (χ1) is 15.7. The van der Waals surface area contributed by atoms with Crippen molar-refractivity contribution < 1.29 is 34.1 Å². The summed E-state index contributed by atoms with van der Waals surface area (Å²) in [5.74, 6) is -4.56. The number of aliphatic carboxylic acids is 2. The minimum Gasteiger partial charge on any atom is -0.481 e. The molecule has 0 aromatic carbocycles. The number of amides is 1. The highest BCUT2D eigenvalue weighted by atomic mass is 16.5. The van der Waals surface area contributed by atoms with Crippen LogP contribution in [0.25, 0.3) is 0 Å². The van der Waals surface area contributed by atoms with Crippen molar-refractivity contribution in [3.05, 3.63) is 0 Å². The van der Waals surface area contributed by atoms with Crippen molar-refractivity contribution in [2.24, 2.45) is 5.73 Å². The standard InChI is InChI=1S/C22H40N4O7/c1-2-3-4-5-6-7-8-9-10-13-19(29)33-17(15-18(27)28)20(30)26-16(21(31)32)12-11-14-25-22(23)24/h16-17H,2-15H2,1H3,(H,26,30)(H,27,28)(H,31,32)(H4,23,24,25)/t16-,17-/m0/s1. The summed E-state index contributed by atoms with van der Waals surface area (Å²) < 4.78 is 5.05. The summed E-state index contributed by atoms with van der Waals surface area (Å²) in [6.45, 7) is 2.41. The number of carbonyl (C=O) groups is 4. The van der Waals surface area contributed by atoms with E-state index in [0.717, 1.165) is 19.3 Å². The maximum atomic E-state index is 12.4. The van der Waals surface area contributed by atoms with Crippen LogP contribution in [0, 0.1) is 5.41 Å². The van der Waals surface area contributed by atoms with Crippen molar-refractivity contribution in [3.8, 4) is 0 Å². The summed E-state index contributed by atoms with van der Waals surface area (Å²) in [5, 5.41) is 30.1. The molecular formula is C22H40N4O7. The van der Waals surface area contributed by atoms with Crippen LogP contribution in [0.5, 0.6) is 0 Å². The van der Waals surface area contributed by atoms with Crippen LogP contribution < -0.4 is 16.4 Å². The zero-order valence-electron chi connectivity index (χ0n) is 19.6. The Bertz CT molecular complexity index is 628. The van der Waals surface area contributed by atoms with Gasteiger partial charge >= 0.3 is 17.9 Å². The molecule has 190 valence electrons. The van der Waals surface area contributed by atoms with Crippen LogP contribution in [-0.2, 0) is 23.9 Å². The van der Waals surface area contributed by atoms with Crippen molar-refractivity contribution in [3.63, 3.8) is 0 Å². The number of hydrogen-bond acceptors (Lipinski definition) is 6. The number of ether oxygens (including phenoxy) is 1. The molecule has 0 rings (SSSR count). The molecule has 0 unspecified atom stereocenters. The second-order valence-corrected chi connectivity index (χ2v) is 8.04. The van der Waals surface area contributed by atoms with Gasteiger partial charge in [-0.1, -0.05) is 58.3 Å². The molecular weight excluding hydrogens is 432 g/mol. The Morgan fingerprint density at radius 2 is 1.52 bits per heavy atom. The quantitative estimate of drug-likeness (QED) is 0.0666. The molecule has 0 aliphatic carbocycles. The number of hydrogen-bond donors (Lipinski definition) is 6. The summed E-state index contributed by atoms with van der Waals surface area (Å²) in [6, 6.07) is -1.29. The lowest BCUT2D eigenvalue weighted by Gasteiger charge is -2.20. The summed E-state index contributed by atoms with van der Waals surface area (Å²) in [5.41, 5.74) is 5.15. The first-order valence-electron chi connectivity index (χ1n) is 11.7. The van der Waals surface area contributed by atoms with E-state index < -0.39 is 42.4 Å². The number of unbranched alkanes of at least 4 members (excludes halogenated alkanes) is 8. The van der Waals surface area contributed by atoms with Gasteiger partial charge in [-0.15, -0.1) is 0 Å². The molecule has 11 nitrogen and oxygen atoms in total. The minimum atomic E-state index is -1.61. The molecule has 0 aliphatic heterocycles. The van der Waals surface area contributed by atoms with Gasteiger partial charge in [-0.3, -0.25) is 19.8 Å². The number of carbonyl (C=O) groups excluding carboxylic acids is 2. The van der Waals surface area contributed by atoms with E-state index in [4.69, 9.17) is 21.0 Å². The molecule has 0 aliphatic rings. The van der Waals surface area contributed by atoms with E-state index in [9.17, 15) is 24.3 Å². The van der Waals surface area contributed by atoms with Crippen LogP contribution in [0.3, 0.4) is 0 Å². The molecule has 0 aromatic heterocycles. The van der Waals surface area contributed by atoms with Gasteiger partial charge in [0.25, 0.3) is 5.91 Å². The Morgan fingerprint density at radius 3 is 2.03 bits per heavy atom. The number of rotatable bonds is 20. The topological polar surface area (TPSA) is 192 Å². The average molecular weight is 473 g/mol. The molecule has 0 saturated heterocycles. The Labute approximate surface area is 195 Å². The highest BCUT2D eigenvalue weighted by Crippen LogP contribution is 2.12. The first-order valence-corrected chi connectivity index (χ1v) is 11.7. The molecule has 1 amide bonds. The molecule has 11 heteroatoms. The Hall–Kier alpha value is -2.85. The van der Waals surface area contributed by atoms with Gasteiger partial charge in [0.2, 0.25) is 0 Å². The highest BCUT2D eigenvalue weighted by Gasteiger charge is 2.29. The second kappa shape index (κ2) is 18.7. The van der Waals surface area contributed by atoms with E-state index in [1.54, 1.807) is 0 Å². The minimum absolute atomic E-state index is 0.0214. The van der Waals surface area contributed by atoms with Gasteiger partial charge in [-0.25, -0.2) is 4.79 Å². The monoisotopic (exact) mass is 472 g/mol. The van der Waals surface area contributed by atoms with Crippen LogP contribution in [0.2, 0.25) is 0 Å². The molecule has 0 aromatic rings. The first kappa shape index (κ1) is 30.1. The van der Waals surface area contributed by atoms with Gasteiger partial charge < -0.3 is 31.3 Å². The smallest absolute Gasteiger partial charge is 0.326 e. The number of carboxylic acid groups (broad SMARTS) is 2. The number of nitrogens with one attached hydrogen (secondary N) is 3. The molecule has 2 atom stereocenters. The normalized spacial score (nSPS) is 12.4. The Balaban J connectivity index is 4.46. The lowest BCUT2D eigenvalue weighted by molar-refractivity contribution is -0.160. The molecule has 0 fully saturated rings. The van der Waals surface area contributed by atoms with Crippen LogP contribution in [0.1, 0.15) is 90.4 Å². The third-order valence-corrected chi connectivity index (χ3v) is 5.01. The van der Waals surface area contributed by atoms with Gasteiger partial charge in [-0.2, -0.15) is 0 Å².